The number of amides is 2. The molecule has 6 heteroatoms. The number of hydrogen-bond donors (Lipinski definition) is 2. The molecule has 0 bridgehead atoms. The zero-order chi connectivity index (χ0) is 14.9. The largest absolute Gasteiger partial charge is 0.348 e. The Morgan fingerprint density at radius 1 is 1.40 bits per heavy atom. The molecule has 1 aromatic rings. The number of halogens is 1. The van der Waals surface area contributed by atoms with E-state index in [1.165, 1.54) is 0 Å². The average Bonchev–Trinajstić information content (AvgIpc) is 2.37. The summed E-state index contributed by atoms with van der Waals surface area (Å²) < 4.78 is 0.957. The number of nitrogens with zero attached hydrogens (tertiary/aromatic N) is 1. The molecule has 0 radical (unpaired) electrons. The van der Waals surface area contributed by atoms with Crippen molar-refractivity contribution in [2.45, 2.75) is 25.9 Å². The van der Waals surface area contributed by atoms with E-state index in [2.05, 4.69) is 26.6 Å². The Morgan fingerprint density at radius 3 is 2.70 bits per heavy atom. The van der Waals surface area contributed by atoms with Crippen molar-refractivity contribution in [3.05, 3.63) is 28.2 Å². The van der Waals surface area contributed by atoms with Gasteiger partial charge in [-0.15, -0.1) is 0 Å². The molecule has 1 aromatic carbocycles. The van der Waals surface area contributed by atoms with Gasteiger partial charge in [0.1, 0.15) is 5.54 Å². The van der Waals surface area contributed by atoms with Gasteiger partial charge >= 0.3 is 0 Å². The first-order valence-electron chi connectivity index (χ1n) is 6.41. The number of imide groups is 1. The van der Waals surface area contributed by atoms with Crippen molar-refractivity contribution < 1.29 is 9.59 Å². The molecule has 1 aliphatic heterocycles. The van der Waals surface area contributed by atoms with Crippen LogP contribution in [0.15, 0.2) is 22.7 Å². The minimum Gasteiger partial charge on any atom is -0.348 e. The third kappa shape index (κ3) is 2.71. The van der Waals surface area contributed by atoms with E-state index < -0.39 is 5.54 Å². The minimum atomic E-state index is -0.752. The van der Waals surface area contributed by atoms with Crippen molar-refractivity contribution in [1.82, 2.24) is 10.6 Å². The maximum absolute atomic E-state index is 12.0. The van der Waals surface area contributed by atoms with Crippen LogP contribution < -0.4 is 15.5 Å². The third-order valence-corrected chi connectivity index (χ3v) is 4.24. The Bertz CT molecular complexity index is 557. The smallest absolute Gasteiger partial charge is 0.251 e. The molecular weight excluding hydrogens is 322 g/mol. The topological polar surface area (TPSA) is 61.4 Å². The maximum atomic E-state index is 12.0. The summed E-state index contributed by atoms with van der Waals surface area (Å²) in [6.45, 7) is 4.55. The summed E-state index contributed by atoms with van der Waals surface area (Å²) in [5.74, 6) is -0.547. The Kier molecular flexibility index (Phi) is 4.15. The Labute approximate surface area is 126 Å². The second kappa shape index (κ2) is 5.54. The highest BCUT2D eigenvalue weighted by molar-refractivity contribution is 9.10. The lowest BCUT2D eigenvalue weighted by Gasteiger charge is -2.41. The zero-order valence-corrected chi connectivity index (χ0v) is 13.4. The van der Waals surface area contributed by atoms with Gasteiger partial charge < -0.3 is 10.2 Å². The Hall–Kier alpha value is -1.40. The standard InChI is InChI=1S/C14H18BrN3O2/c1-14(2)13(20)17-12(19)8-18(14)10-5-4-9(7-16-3)11(15)6-10/h4-6,16H,7-8H2,1-3H3,(H,17,19,20). The van der Waals surface area contributed by atoms with E-state index in [0.717, 1.165) is 22.3 Å². The van der Waals surface area contributed by atoms with Crippen LogP contribution in [0.4, 0.5) is 5.69 Å². The third-order valence-electron chi connectivity index (χ3n) is 3.50. The number of nitrogens with one attached hydrogen (secondary N) is 2. The van der Waals surface area contributed by atoms with Crippen molar-refractivity contribution in [3.63, 3.8) is 0 Å². The van der Waals surface area contributed by atoms with Crippen LogP contribution in [0.2, 0.25) is 0 Å². The van der Waals surface area contributed by atoms with Gasteiger partial charge in [-0.1, -0.05) is 22.0 Å². The molecule has 20 heavy (non-hydrogen) atoms. The fourth-order valence-corrected chi connectivity index (χ4v) is 2.74. The second-order valence-corrected chi connectivity index (χ2v) is 6.18. The van der Waals surface area contributed by atoms with Crippen LogP contribution in [0.1, 0.15) is 19.4 Å². The molecule has 0 aromatic heterocycles. The van der Waals surface area contributed by atoms with Gasteiger partial charge in [0.05, 0.1) is 6.54 Å². The first-order chi connectivity index (χ1) is 9.36. The van der Waals surface area contributed by atoms with Crippen LogP contribution in [0.25, 0.3) is 0 Å². The number of piperazine rings is 1. The van der Waals surface area contributed by atoms with Gasteiger partial charge in [-0.25, -0.2) is 0 Å². The lowest BCUT2D eigenvalue weighted by atomic mass is 9.97. The minimum absolute atomic E-state index is 0.177. The van der Waals surface area contributed by atoms with Crippen LogP contribution in [0, 0.1) is 0 Å². The summed E-state index contributed by atoms with van der Waals surface area (Å²) in [6, 6.07) is 5.87. The van der Waals surface area contributed by atoms with Crippen LogP contribution >= 0.6 is 15.9 Å². The molecule has 2 N–H and O–H groups in total. The Morgan fingerprint density at radius 2 is 2.10 bits per heavy atom. The molecule has 1 saturated heterocycles. The first-order valence-corrected chi connectivity index (χ1v) is 7.20. The van der Waals surface area contributed by atoms with E-state index >= 15 is 0 Å². The molecule has 1 fully saturated rings. The summed E-state index contributed by atoms with van der Waals surface area (Å²) in [7, 11) is 1.89. The zero-order valence-electron chi connectivity index (χ0n) is 11.8. The van der Waals surface area contributed by atoms with Crippen LogP contribution in [-0.2, 0) is 16.1 Å². The molecule has 5 nitrogen and oxygen atoms in total. The lowest BCUT2D eigenvalue weighted by Crippen LogP contribution is -2.64. The molecule has 0 aliphatic carbocycles. The van der Waals surface area contributed by atoms with E-state index in [-0.39, 0.29) is 18.4 Å². The van der Waals surface area contributed by atoms with E-state index in [9.17, 15) is 9.59 Å². The van der Waals surface area contributed by atoms with Crippen molar-refractivity contribution in [2.75, 3.05) is 18.5 Å². The van der Waals surface area contributed by atoms with Gasteiger partial charge in [0.15, 0.2) is 0 Å². The number of carbonyl (C=O) groups excluding carboxylic acids is 2. The van der Waals surface area contributed by atoms with Crippen LogP contribution in [0.5, 0.6) is 0 Å². The number of benzene rings is 1. The van der Waals surface area contributed by atoms with Gasteiger partial charge in [0, 0.05) is 16.7 Å². The lowest BCUT2D eigenvalue weighted by molar-refractivity contribution is -0.135. The van der Waals surface area contributed by atoms with E-state index in [1.54, 1.807) is 0 Å². The van der Waals surface area contributed by atoms with E-state index in [0.29, 0.717) is 0 Å². The molecule has 0 atom stereocenters. The first kappa shape index (κ1) is 15.0. The number of rotatable bonds is 3. The molecule has 0 saturated carbocycles. The van der Waals surface area contributed by atoms with E-state index in [4.69, 9.17) is 0 Å². The molecular formula is C14H18BrN3O2. The molecule has 108 valence electrons. The maximum Gasteiger partial charge on any atom is 0.251 e. The van der Waals surface area contributed by atoms with Gasteiger partial charge in [-0.05, 0) is 38.6 Å². The normalized spacial score (nSPS) is 18.1. The predicted octanol–water partition coefficient (Wildman–Crippen LogP) is 1.41. The Balaban J connectivity index is 2.36. The van der Waals surface area contributed by atoms with Gasteiger partial charge in [-0.3, -0.25) is 14.9 Å². The summed E-state index contributed by atoms with van der Waals surface area (Å²) >= 11 is 3.53. The van der Waals surface area contributed by atoms with Crippen molar-refractivity contribution in [1.29, 1.82) is 0 Å². The quantitative estimate of drug-likeness (QED) is 0.817. The molecule has 2 amide bonds. The van der Waals surface area contributed by atoms with Gasteiger partial charge in [0.25, 0.3) is 5.91 Å². The average molecular weight is 340 g/mol. The molecule has 2 rings (SSSR count). The molecule has 1 aliphatic rings. The SMILES string of the molecule is CNCc1ccc(N2CC(=O)NC(=O)C2(C)C)cc1Br. The van der Waals surface area contributed by atoms with Gasteiger partial charge in [0.2, 0.25) is 5.91 Å². The van der Waals surface area contributed by atoms with Crippen molar-refractivity contribution in [3.8, 4) is 0 Å². The second-order valence-electron chi connectivity index (χ2n) is 5.33. The van der Waals surface area contributed by atoms with Crippen LogP contribution in [-0.4, -0.2) is 30.9 Å². The summed E-state index contributed by atoms with van der Waals surface area (Å²) in [6.07, 6.45) is 0. The molecule has 0 unspecified atom stereocenters. The predicted molar refractivity (Wildman–Crippen MR) is 81.5 cm³/mol. The highest BCUT2D eigenvalue weighted by Crippen LogP contribution is 2.30. The number of hydrogen-bond acceptors (Lipinski definition) is 4. The fourth-order valence-electron chi connectivity index (χ4n) is 2.23. The number of carbonyl (C=O) groups is 2. The van der Waals surface area contributed by atoms with E-state index in [1.807, 2.05) is 44.0 Å². The highest BCUT2D eigenvalue weighted by atomic mass is 79.9. The highest BCUT2D eigenvalue weighted by Gasteiger charge is 2.41. The molecule has 0 spiro atoms. The summed E-state index contributed by atoms with van der Waals surface area (Å²) in [4.78, 5) is 25.4. The summed E-state index contributed by atoms with van der Waals surface area (Å²) in [5.41, 5.74) is 1.23. The van der Waals surface area contributed by atoms with Gasteiger partial charge in [-0.2, -0.15) is 0 Å². The van der Waals surface area contributed by atoms with Crippen molar-refractivity contribution in [2.24, 2.45) is 0 Å². The fraction of sp³-hybridized carbons (Fsp3) is 0.429. The molecule has 1 heterocycles. The monoisotopic (exact) mass is 339 g/mol. The summed E-state index contributed by atoms with van der Waals surface area (Å²) in [5, 5.41) is 5.47. The van der Waals surface area contributed by atoms with Crippen molar-refractivity contribution >= 4 is 33.4 Å². The van der Waals surface area contributed by atoms with Crippen LogP contribution in [0.3, 0.4) is 0 Å². The number of anilines is 1.